The number of carbonyl (C=O) groups is 2. The molecule has 0 aliphatic rings. The number of carbonyl (C=O) groups excluding carboxylic acids is 2. The van der Waals surface area contributed by atoms with E-state index >= 15 is 0 Å². The highest BCUT2D eigenvalue weighted by atomic mass is 16.5. The van der Waals surface area contributed by atoms with Gasteiger partial charge < -0.3 is 14.8 Å². The highest BCUT2D eigenvalue weighted by molar-refractivity contribution is 5.83. The summed E-state index contributed by atoms with van der Waals surface area (Å²) in [6.07, 6.45) is 16.6. The zero-order valence-corrected chi connectivity index (χ0v) is 22.0. The molecule has 0 radical (unpaired) electrons. The number of hydrogen-bond donors (Lipinski definition) is 1. The van der Waals surface area contributed by atoms with Crippen LogP contribution >= 0.6 is 0 Å². The Kier molecular flexibility index (Phi) is 17.9. The number of ether oxygens (including phenoxy) is 2. The van der Waals surface area contributed by atoms with Gasteiger partial charge in [0.2, 0.25) is 0 Å². The third kappa shape index (κ3) is 15.0. The molecule has 1 N–H and O–H groups in total. The summed E-state index contributed by atoms with van der Waals surface area (Å²) >= 11 is 0. The van der Waals surface area contributed by atoms with E-state index in [1.165, 1.54) is 57.8 Å². The average Bonchev–Trinajstić information content (AvgIpc) is 2.85. The first-order chi connectivity index (χ1) is 16.6. The van der Waals surface area contributed by atoms with Crippen molar-refractivity contribution in [2.45, 2.75) is 129 Å². The number of rotatable bonds is 21. The third-order valence-corrected chi connectivity index (χ3v) is 6.25. The molecule has 194 valence electrons. The lowest BCUT2D eigenvalue weighted by molar-refractivity contribution is -0.156. The monoisotopic (exact) mass is 475 g/mol. The summed E-state index contributed by atoms with van der Waals surface area (Å²) in [5.74, 6) is 0.331. The van der Waals surface area contributed by atoms with Gasteiger partial charge in [-0.05, 0) is 37.0 Å². The Bertz CT molecular complexity index is 644. The van der Waals surface area contributed by atoms with E-state index in [1.807, 2.05) is 24.3 Å². The summed E-state index contributed by atoms with van der Waals surface area (Å²) in [7, 11) is 1.63. The van der Waals surface area contributed by atoms with E-state index in [2.05, 4.69) is 19.2 Å². The van der Waals surface area contributed by atoms with E-state index in [-0.39, 0.29) is 11.9 Å². The molecule has 1 amide bonds. The molecule has 0 spiro atoms. The van der Waals surface area contributed by atoms with E-state index in [1.54, 1.807) is 7.11 Å². The van der Waals surface area contributed by atoms with Gasteiger partial charge in [-0.15, -0.1) is 0 Å². The molecule has 0 aliphatic carbocycles. The summed E-state index contributed by atoms with van der Waals surface area (Å²) in [6, 6.07) is 7.60. The Hall–Kier alpha value is -2.04. The lowest BCUT2D eigenvalue weighted by Gasteiger charge is -2.18. The predicted molar refractivity (Wildman–Crippen MR) is 140 cm³/mol. The van der Waals surface area contributed by atoms with Gasteiger partial charge in [-0.25, -0.2) is 0 Å². The third-order valence-electron chi connectivity index (χ3n) is 6.25. The van der Waals surface area contributed by atoms with E-state index in [4.69, 9.17) is 9.47 Å². The smallest absolute Gasteiger partial charge is 0.306 e. The highest BCUT2D eigenvalue weighted by Gasteiger charge is 2.22. The number of hydrogen-bond acceptors (Lipinski definition) is 4. The normalized spacial score (nSPS) is 11.7. The fourth-order valence-electron chi connectivity index (χ4n) is 4.02. The fraction of sp³-hybridized carbons (Fsp3) is 0.724. The van der Waals surface area contributed by atoms with Crippen molar-refractivity contribution in [3.8, 4) is 5.75 Å². The van der Waals surface area contributed by atoms with Crippen molar-refractivity contribution in [3.63, 3.8) is 0 Å². The van der Waals surface area contributed by atoms with Crippen molar-refractivity contribution in [1.82, 2.24) is 5.32 Å². The fourth-order valence-corrected chi connectivity index (χ4v) is 4.02. The molecule has 34 heavy (non-hydrogen) atoms. The molecule has 0 aromatic heterocycles. The molecule has 1 atom stereocenters. The maximum absolute atomic E-state index is 12.8. The lowest BCUT2D eigenvalue weighted by atomic mass is 10.0. The first-order valence-electron chi connectivity index (χ1n) is 13.7. The SMILES string of the molecule is CCCCCCCCCCCC(OC(=O)CCCCCCC)C(=O)NCc1ccc(OC)cc1. The van der Waals surface area contributed by atoms with Gasteiger partial charge in [0.15, 0.2) is 6.10 Å². The first kappa shape index (κ1) is 30.0. The van der Waals surface area contributed by atoms with Crippen molar-refractivity contribution in [2.24, 2.45) is 0 Å². The minimum atomic E-state index is -0.703. The van der Waals surface area contributed by atoms with Crippen LogP contribution in [0.2, 0.25) is 0 Å². The van der Waals surface area contributed by atoms with Crippen LogP contribution in [0.15, 0.2) is 24.3 Å². The maximum atomic E-state index is 12.8. The lowest BCUT2D eigenvalue weighted by Crippen LogP contribution is -2.37. The average molecular weight is 476 g/mol. The zero-order valence-electron chi connectivity index (χ0n) is 22.0. The minimum absolute atomic E-state index is 0.199. The van der Waals surface area contributed by atoms with Crippen LogP contribution in [0, 0.1) is 0 Å². The number of amides is 1. The van der Waals surface area contributed by atoms with Crippen molar-refractivity contribution in [1.29, 1.82) is 0 Å². The van der Waals surface area contributed by atoms with E-state index in [9.17, 15) is 9.59 Å². The van der Waals surface area contributed by atoms with Crippen LogP contribution in [0.5, 0.6) is 5.75 Å². The van der Waals surface area contributed by atoms with Crippen LogP contribution in [0.4, 0.5) is 0 Å². The van der Waals surface area contributed by atoms with Gasteiger partial charge in [-0.3, -0.25) is 9.59 Å². The van der Waals surface area contributed by atoms with Crippen LogP contribution in [0.1, 0.15) is 122 Å². The number of benzene rings is 1. The number of unbranched alkanes of at least 4 members (excludes halogenated alkanes) is 12. The van der Waals surface area contributed by atoms with Gasteiger partial charge in [0, 0.05) is 13.0 Å². The van der Waals surface area contributed by atoms with Crippen LogP contribution in [-0.4, -0.2) is 25.1 Å². The molecule has 1 aromatic carbocycles. The second kappa shape index (κ2) is 20.3. The van der Waals surface area contributed by atoms with Crippen LogP contribution < -0.4 is 10.1 Å². The molecule has 1 unspecified atom stereocenters. The molecule has 5 nitrogen and oxygen atoms in total. The molecule has 5 heteroatoms. The van der Waals surface area contributed by atoms with Gasteiger partial charge in [0.1, 0.15) is 5.75 Å². The van der Waals surface area contributed by atoms with E-state index in [0.29, 0.717) is 19.4 Å². The van der Waals surface area contributed by atoms with Gasteiger partial charge in [0.05, 0.1) is 7.11 Å². The number of nitrogens with one attached hydrogen (secondary N) is 1. The van der Waals surface area contributed by atoms with E-state index < -0.39 is 6.10 Å². The molecule has 0 aliphatic heterocycles. The van der Waals surface area contributed by atoms with Crippen molar-refractivity contribution in [2.75, 3.05) is 7.11 Å². The molecule has 0 saturated carbocycles. The summed E-state index contributed by atoms with van der Waals surface area (Å²) in [5.41, 5.74) is 0.984. The molecule has 0 heterocycles. The molecule has 0 saturated heterocycles. The van der Waals surface area contributed by atoms with E-state index in [0.717, 1.165) is 43.4 Å². The van der Waals surface area contributed by atoms with Gasteiger partial charge >= 0.3 is 5.97 Å². The van der Waals surface area contributed by atoms with Crippen LogP contribution in [-0.2, 0) is 20.9 Å². The van der Waals surface area contributed by atoms with Gasteiger partial charge in [-0.1, -0.05) is 103 Å². The summed E-state index contributed by atoms with van der Waals surface area (Å²) in [4.78, 5) is 25.2. The molecular formula is C29H49NO4. The van der Waals surface area contributed by atoms with Crippen molar-refractivity contribution in [3.05, 3.63) is 29.8 Å². The molecular weight excluding hydrogens is 426 g/mol. The van der Waals surface area contributed by atoms with Crippen LogP contribution in [0.25, 0.3) is 0 Å². The largest absolute Gasteiger partial charge is 0.497 e. The quantitative estimate of drug-likeness (QED) is 0.148. The maximum Gasteiger partial charge on any atom is 0.306 e. The highest BCUT2D eigenvalue weighted by Crippen LogP contribution is 2.15. The number of methoxy groups -OCH3 is 1. The Labute approximate surface area is 208 Å². The van der Waals surface area contributed by atoms with Crippen molar-refractivity contribution < 1.29 is 19.1 Å². The molecule has 0 bridgehead atoms. The second-order valence-corrected chi connectivity index (χ2v) is 9.33. The Morgan fingerprint density at radius 1 is 0.765 bits per heavy atom. The molecule has 1 rings (SSSR count). The van der Waals surface area contributed by atoms with Gasteiger partial charge in [0.25, 0.3) is 5.91 Å². The van der Waals surface area contributed by atoms with Gasteiger partial charge in [-0.2, -0.15) is 0 Å². The first-order valence-corrected chi connectivity index (χ1v) is 13.7. The Morgan fingerprint density at radius 2 is 1.29 bits per heavy atom. The standard InChI is InChI=1S/C29H49NO4/c1-4-6-8-10-11-12-13-15-16-18-27(34-28(31)19-17-14-9-7-5-2)29(32)30-24-25-20-22-26(33-3)23-21-25/h20-23,27H,4-19,24H2,1-3H3,(H,30,32). The molecule has 0 fully saturated rings. The topological polar surface area (TPSA) is 64.6 Å². The van der Waals surface area contributed by atoms with Crippen LogP contribution in [0.3, 0.4) is 0 Å². The number of esters is 1. The summed E-state index contributed by atoms with van der Waals surface area (Å²) in [5, 5.41) is 2.95. The predicted octanol–water partition coefficient (Wildman–Crippen LogP) is 7.50. The summed E-state index contributed by atoms with van der Waals surface area (Å²) in [6.45, 7) is 4.82. The Balaban J connectivity index is 2.44. The minimum Gasteiger partial charge on any atom is -0.497 e. The molecule has 1 aromatic rings. The van der Waals surface area contributed by atoms with Crippen molar-refractivity contribution >= 4 is 11.9 Å². The second-order valence-electron chi connectivity index (χ2n) is 9.33. The Morgan fingerprint density at radius 3 is 1.85 bits per heavy atom. The summed E-state index contributed by atoms with van der Waals surface area (Å²) < 4.78 is 10.8. The zero-order chi connectivity index (χ0) is 24.9.